The van der Waals surface area contributed by atoms with Crippen LogP contribution >= 0.6 is 30.7 Å². The molecule has 0 saturated carbocycles. The molecule has 1 aliphatic heterocycles. The normalized spacial score (nSPS) is 11.9. The molecule has 0 N–H and O–H groups in total. The molecule has 0 fully saturated rings. The summed E-state index contributed by atoms with van der Waals surface area (Å²) >= 11 is 5.37. The number of hydrogen-bond acceptors (Lipinski definition) is 3. The molecule has 12 rings (SSSR count). The van der Waals surface area contributed by atoms with E-state index in [2.05, 4.69) is 315 Å². The second-order valence-electron chi connectivity index (χ2n) is 20.0. The topological polar surface area (TPSA) is 19.4 Å². The van der Waals surface area contributed by atoms with E-state index in [4.69, 9.17) is 30.7 Å². The molecule has 0 amide bonds. The zero-order chi connectivity index (χ0) is 55.8. The molecule has 402 valence electrons. The fraction of sp³-hybridized carbons (Fsp3) is 0.0811. The van der Waals surface area contributed by atoms with E-state index in [0.717, 1.165) is 11.4 Å². The molecule has 2 radical (unpaired) electrons. The van der Waals surface area contributed by atoms with Crippen LogP contribution in [-0.2, 0) is 15.9 Å². The van der Waals surface area contributed by atoms with Gasteiger partial charge in [-0.15, -0.1) is 0 Å². The first kappa shape index (κ1) is 56.5. The molecule has 0 bridgehead atoms. The Hall–Kier alpha value is -7.78. The van der Waals surface area contributed by atoms with Crippen LogP contribution < -0.4 is 9.80 Å². The van der Waals surface area contributed by atoms with Crippen molar-refractivity contribution in [3.8, 4) is 0 Å². The summed E-state index contributed by atoms with van der Waals surface area (Å²) in [6, 6.07) is 101. The summed E-state index contributed by atoms with van der Waals surface area (Å²) in [7, 11) is 9.63. The zero-order valence-electron chi connectivity index (χ0n) is 45.0. The van der Waals surface area contributed by atoms with Crippen molar-refractivity contribution >= 4 is 42.0 Å². The maximum atomic E-state index is 5.48. The fourth-order valence-electron chi connectivity index (χ4n) is 11.4. The summed E-state index contributed by atoms with van der Waals surface area (Å²) in [6.45, 7) is 8.61. The molecule has 11 aromatic rings. The maximum absolute atomic E-state index is 5.48. The molecule has 0 atom stereocenters. The monoisotopic (exact) mass is 1200 g/mol. The SMILES string of the molecule is Cc1cc(C(c2ccccc2)c2ccccc2)c(N2[C]N(c3c(C(c4ccccc4)c4ccccc4)cc(C)cc3C(c3ccccc3)c3ccccc3)C=C2)c(C(c2ccccc2)c2ccccc2)c1.Clc1cccnc1.[Cl][Pd][Cl]. The van der Waals surface area contributed by atoms with Gasteiger partial charge >= 0.3 is 35.0 Å². The van der Waals surface area contributed by atoms with Crippen molar-refractivity contribution in [3.63, 3.8) is 0 Å². The summed E-state index contributed by atoms with van der Waals surface area (Å²) in [5.41, 5.74) is 19.4. The van der Waals surface area contributed by atoms with Crippen molar-refractivity contribution in [2.24, 2.45) is 0 Å². The molecule has 0 saturated heterocycles. The minimum absolute atomic E-state index is 0.0749. The summed E-state index contributed by atoms with van der Waals surface area (Å²) in [6.07, 6.45) is 7.77. The number of halogens is 3. The Kier molecular flexibility index (Phi) is 19.6. The van der Waals surface area contributed by atoms with E-state index < -0.39 is 0 Å². The number of rotatable bonds is 14. The molecule has 2 heterocycles. The summed E-state index contributed by atoms with van der Waals surface area (Å²) < 4.78 is 0. The first-order valence-corrected chi connectivity index (χ1v) is 31.4. The minimum atomic E-state index is -0.106. The van der Waals surface area contributed by atoms with Crippen molar-refractivity contribution in [1.29, 1.82) is 0 Å². The fourth-order valence-corrected chi connectivity index (χ4v) is 11.5. The third-order valence-corrected chi connectivity index (χ3v) is 14.8. The van der Waals surface area contributed by atoms with Gasteiger partial charge in [0, 0.05) is 48.5 Å². The van der Waals surface area contributed by atoms with Gasteiger partial charge in [0.05, 0.1) is 16.4 Å². The van der Waals surface area contributed by atoms with Gasteiger partial charge in [-0.05, 0) is 92.7 Å². The van der Waals surface area contributed by atoms with Crippen molar-refractivity contribution in [2.75, 3.05) is 9.80 Å². The van der Waals surface area contributed by atoms with Gasteiger partial charge in [-0.1, -0.05) is 290 Å². The van der Waals surface area contributed by atoms with Crippen molar-refractivity contribution in [1.82, 2.24) is 4.98 Å². The average molecular weight is 1200 g/mol. The van der Waals surface area contributed by atoms with Crippen LogP contribution in [0.15, 0.2) is 304 Å². The number of nitrogens with zero attached hydrogens (tertiary/aromatic N) is 3. The molecule has 1 aromatic heterocycles. The van der Waals surface area contributed by atoms with Crippen LogP contribution in [0.4, 0.5) is 11.4 Å². The van der Waals surface area contributed by atoms with Gasteiger partial charge in [-0.25, -0.2) is 0 Å². The molecule has 10 aromatic carbocycles. The number of aryl methyl sites for hydroxylation is 2. The second kappa shape index (κ2) is 28.1. The Morgan fingerprint density at radius 2 is 0.568 bits per heavy atom. The summed E-state index contributed by atoms with van der Waals surface area (Å²) in [5, 5.41) is 0.683. The van der Waals surface area contributed by atoms with Crippen LogP contribution in [0, 0.1) is 20.5 Å². The van der Waals surface area contributed by atoms with Crippen molar-refractivity contribution in [2.45, 2.75) is 37.5 Å². The van der Waals surface area contributed by atoms with E-state index in [1.807, 2.05) is 0 Å². The van der Waals surface area contributed by atoms with Crippen molar-refractivity contribution in [3.05, 3.63) is 393 Å². The van der Waals surface area contributed by atoms with Crippen LogP contribution in [0.2, 0.25) is 5.02 Å². The molecule has 3 nitrogen and oxygen atoms in total. The molecule has 1 aliphatic rings. The standard InChI is InChI=1S/C69H56N2.C5H4ClN.2ClH.Pd/c1-50-45-60(64(52-27-11-3-12-28-52)53-29-13-4-14-30-53)68(61(46-50)65(54-31-15-5-16-32-54)55-33-17-6-18-34-55)70-43-44-71(49-70)69-62(66(56-35-19-7-20-36-56)57-37-21-8-22-38-57)47-51(2)48-63(69)67(58-39-23-9-24-40-58)59-41-25-10-26-42-59;6-5-2-1-3-7-4-5;;;/h3-48,64-67H,1-2H3;1-4H;2*1H;/q;;;;+2/p-2. The van der Waals surface area contributed by atoms with Gasteiger partial charge in [-0.2, -0.15) is 0 Å². The van der Waals surface area contributed by atoms with Crippen LogP contribution in [0.5, 0.6) is 0 Å². The Morgan fingerprint density at radius 3 is 0.741 bits per heavy atom. The van der Waals surface area contributed by atoms with Gasteiger partial charge in [0.25, 0.3) is 0 Å². The molecule has 0 spiro atoms. The van der Waals surface area contributed by atoms with Crippen LogP contribution in [0.3, 0.4) is 0 Å². The van der Waals surface area contributed by atoms with Crippen LogP contribution in [0.1, 0.15) is 102 Å². The molecular weight excluding hydrogens is 1140 g/mol. The third-order valence-electron chi connectivity index (χ3n) is 14.6. The van der Waals surface area contributed by atoms with E-state index in [0.29, 0.717) is 5.02 Å². The van der Waals surface area contributed by atoms with E-state index >= 15 is 0 Å². The quantitative estimate of drug-likeness (QED) is 0.0799. The summed E-state index contributed by atoms with van der Waals surface area (Å²) in [4.78, 5) is 8.35. The Morgan fingerprint density at radius 1 is 0.346 bits per heavy atom. The molecule has 0 aliphatic carbocycles. The Balaban J connectivity index is 0.000000673. The average Bonchev–Trinajstić information content (AvgIpc) is 4.13. The number of aromatic nitrogens is 1. The van der Waals surface area contributed by atoms with Gasteiger partial charge < -0.3 is 9.80 Å². The number of benzene rings is 10. The first-order chi connectivity index (χ1) is 39.9. The van der Waals surface area contributed by atoms with E-state index in [9.17, 15) is 0 Å². The van der Waals surface area contributed by atoms with Gasteiger partial charge in [0.15, 0.2) is 0 Å². The Labute approximate surface area is 499 Å². The van der Waals surface area contributed by atoms with E-state index in [1.54, 1.807) is 24.5 Å². The van der Waals surface area contributed by atoms with Crippen LogP contribution in [0.25, 0.3) is 0 Å². The molecule has 7 heteroatoms. The predicted octanol–water partition coefficient (Wildman–Crippen LogP) is 19.9. The first-order valence-electron chi connectivity index (χ1n) is 27.0. The number of pyridine rings is 1. The zero-order valence-corrected chi connectivity index (χ0v) is 48.8. The second-order valence-corrected chi connectivity index (χ2v) is 22.8. The summed E-state index contributed by atoms with van der Waals surface area (Å²) in [5.74, 6) is -0.300. The molecular formula is C74H60Cl3N3Pd. The van der Waals surface area contributed by atoms with E-state index in [-0.39, 0.29) is 39.6 Å². The Bertz CT molecular complexity index is 3120. The number of anilines is 2. The van der Waals surface area contributed by atoms with Crippen LogP contribution in [-0.4, -0.2) is 4.98 Å². The third kappa shape index (κ3) is 13.7. The number of hydrogen-bond donors (Lipinski definition) is 0. The van der Waals surface area contributed by atoms with E-state index in [1.165, 1.54) is 77.9 Å². The molecule has 81 heavy (non-hydrogen) atoms. The predicted molar refractivity (Wildman–Crippen MR) is 336 cm³/mol. The van der Waals surface area contributed by atoms with Gasteiger partial charge in [0.2, 0.25) is 6.67 Å². The van der Waals surface area contributed by atoms with Gasteiger partial charge in [-0.3, -0.25) is 4.98 Å². The van der Waals surface area contributed by atoms with Gasteiger partial charge in [0.1, 0.15) is 0 Å². The molecule has 0 unspecified atom stereocenters. The van der Waals surface area contributed by atoms with Crippen molar-refractivity contribution < 1.29 is 15.9 Å².